The second-order valence-corrected chi connectivity index (χ2v) is 5.90. The zero-order chi connectivity index (χ0) is 16.0. The number of carbonyl (C=O) groups is 1. The maximum atomic E-state index is 11.8. The van der Waals surface area contributed by atoms with E-state index in [9.17, 15) is 4.79 Å². The van der Waals surface area contributed by atoms with E-state index < -0.39 is 0 Å². The average Bonchev–Trinajstić information content (AvgIpc) is 2.52. The molecule has 0 atom stereocenters. The topological polar surface area (TPSA) is 50.1 Å². The fourth-order valence-corrected chi connectivity index (χ4v) is 2.48. The first kappa shape index (κ1) is 18.5. The molecular weight excluding hydrogens is 274 g/mol. The summed E-state index contributed by atoms with van der Waals surface area (Å²) in [6.07, 6.45) is 12.7. The molecule has 22 heavy (non-hydrogen) atoms. The van der Waals surface area contributed by atoms with Gasteiger partial charge in [0.1, 0.15) is 0 Å². The Morgan fingerprint density at radius 2 is 1.55 bits per heavy atom. The first-order chi connectivity index (χ1) is 10.7. The molecule has 1 N–H and O–H groups in total. The maximum Gasteiger partial charge on any atom is 0.338 e. The molecule has 1 aromatic carbocycles. The Bertz CT molecular complexity index is 418. The molecule has 1 rings (SSSR count). The van der Waals surface area contributed by atoms with Gasteiger partial charge in [-0.15, -0.1) is 0 Å². The van der Waals surface area contributed by atoms with Gasteiger partial charge >= 0.3 is 5.97 Å². The summed E-state index contributed by atoms with van der Waals surface area (Å²) in [5.41, 5.74) is 8.29. The number of esters is 1. The Hall–Kier alpha value is -1.51. The number of rotatable bonds is 12. The van der Waals surface area contributed by atoms with E-state index in [2.05, 4.69) is 6.92 Å². The predicted octanol–water partition coefficient (Wildman–Crippen LogP) is 5.68. The van der Waals surface area contributed by atoms with E-state index in [-0.39, 0.29) is 5.97 Å². The Kier molecular flexibility index (Phi) is 10.2. The van der Waals surface area contributed by atoms with Crippen molar-refractivity contribution in [2.75, 3.05) is 6.61 Å². The minimum atomic E-state index is -0.315. The van der Waals surface area contributed by atoms with E-state index in [0.717, 1.165) is 12.8 Å². The van der Waals surface area contributed by atoms with E-state index >= 15 is 0 Å². The molecule has 0 bridgehead atoms. The van der Waals surface area contributed by atoms with Crippen molar-refractivity contribution in [3.05, 3.63) is 29.8 Å². The molecule has 0 fully saturated rings. The Morgan fingerprint density at radius 3 is 2.14 bits per heavy atom. The van der Waals surface area contributed by atoms with Gasteiger partial charge in [0.15, 0.2) is 0 Å². The summed E-state index contributed by atoms with van der Waals surface area (Å²) in [6.45, 7) is 2.73. The summed E-state index contributed by atoms with van der Waals surface area (Å²) in [5, 5.41) is 0. The molecule has 123 valence electrons. The summed E-state index contributed by atoms with van der Waals surface area (Å²) < 4.78 is 5.23. The second kappa shape index (κ2) is 12.1. The van der Waals surface area contributed by atoms with Crippen molar-refractivity contribution in [1.82, 2.24) is 5.73 Å². The normalized spacial score (nSPS) is 10.6. The smallest absolute Gasteiger partial charge is 0.338 e. The second-order valence-electron chi connectivity index (χ2n) is 5.90. The van der Waals surface area contributed by atoms with E-state index in [4.69, 9.17) is 10.5 Å². The van der Waals surface area contributed by atoms with Gasteiger partial charge in [0.05, 0.1) is 17.9 Å². The van der Waals surface area contributed by atoms with Crippen molar-refractivity contribution >= 4 is 11.7 Å². The minimum absolute atomic E-state index is 0.315. The van der Waals surface area contributed by atoms with Crippen LogP contribution in [0.5, 0.6) is 0 Å². The minimum Gasteiger partial charge on any atom is -0.462 e. The summed E-state index contributed by atoms with van der Waals surface area (Å²) in [5.74, 6) is -0.315. The zero-order valence-corrected chi connectivity index (χ0v) is 13.9. The van der Waals surface area contributed by atoms with Gasteiger partial charge in [-0.1, -0.05) is 70.8 Å². The van der Waals surface area contributed by atoms with Crippen LogP contribution in [0.2, 0.25) is 0 Å². The van der Waals surface area contributed by atoms with Crippen LogP contribution in [0, 0.1) is 0 Å². The number of hydrogen-bond donors (Lipinski definition) is 0. The van der Waals surface area contributed by atoms with Crippen molar-refractivity contribution in [1.29, 1.82) is 0 Å². The molecule has 0 saturated carbocycles. The van der Waals surface area contributed by atoms with Gasteiger partial charge in [-0.25, -0.2) is 4.79 Å². The lowest BCUT2D eigenvalue weighted by Gasteiger charge is -2.05. The summed E-state index contributed by atoms with van der Waals surface area (Å²) in [6, 6.07) is 6.60. The Balaban J connectivity index is 1.94. The Morgan fingerprint density at radius 1 is 0.955 bits per heavy atom. The quantitative estimate of drug-likeness (QED) is 0.368. The van der Waals surface area contributed by atoms with E-state index in [1.807, 2.05) is 0 Å². The fraction of sp³-hybridized carbons (Fsp3) is 0.632. The molecule has 0 amide bonds. The number of nitrogens with one attached hydrogen (secondary N) is 1. The highest BCUT2D eigenvalue weighted by Gasteiger charge is 2.06. The molecule has 3 heteroatoms. The highest BCUT2D eigenvalue weighted by molar-refractivity contribution is 5.90. The summed E-state index contributed by atoms with van der Waals surface area (Å²) in [7, 11) is 0. The van der Waals surface area contributed by atoms with Crippen molar-refractivity contribution < 1.29 is 9.53 Å². The van der Waals surface area contributed by atoms with Gasteiger partial charge in [-0.2, -0.15) is 0 Å². The van der Waals surface area contributed by atoms with Crippen LogP contribution in [0.15, 0.2) is 24.3 Å². The van der Waals surface area contributed by atoms with Crippen LogP contribution in [0.1, 0.15) is 81.5 Å². The molecule has 0 saturated heterocycles. The highest BCUT2D eigenvalue weighted by Crippen LogP contribution is 2.12. The van der Waals surface area contributed by atoms with Crippen molar-refractivity contribution in [2.24, 2.45) is 0 Å². The summed E-state index contributed by atoms with van der Waals surface area (Å²) in [4.78, 5) is 11.8. The third kappa shape index (κ3) is 8.71. The monoisotopic (exact) mass is 304 g/mol. The maximum absolute atomic E-state index is 11.8. The zero-order valence-electron chi connectivity index (χ0n) is 13.9. The van der Waals surface area contributed by atoms with Crippen molar-refractivity contribution in [2.45, 2.75) is 71.1 Å². The van der Waals surface area contributed by atoms with E-state index in [1.165, 1.54) is 51.4 Å². The van der Waals surface area contributed by atoms with E-state index in [1.54, 1.807) is 24.3 Å². The first-order valence-electron chi connectivity index (χ1n) is 8.73. The van der Waals surface area contributed by atoms with Gasteiger partial charge in [-0.3, -0.25) is 0 Å². The van der Waals surface area contributed by atoms with Crippen LogP contribution in [0.25, 0.3) is 0 Å². The molecular formula is C19H30NO2. The fourth-order valence-electron chi connectivity index (χ4n) is 2.48. The number of carbonyl (C=O) groups excluding carboxylic acids is 1. The molecule has 0 aliphatic carbocycles. The van der Waals surface area contributed by atoms with Crippen LogP contribution in [0.3, 0.4) is 0 Å². The van der Waals surface area contributed by atoms with Crippen LogP contribution in [0.4, 0.5) is 5.69 Å². The molecule has 0 heterocycles. The first-order valence-corrected chi connectivity index (χ1v) is 8.73. The Labute approximate surface area is 135 Å². The molecule has 0 aliphatic rings. The number of benzene rings is 1. The molecule has 0 aliphatic heterocycles. The molecule has 0 unspecified atom stereocenters. The number of unbranched alkanes of at least 4 members (excludes halogenated alkanes) is 9. The third-order valence-electron chi connectivity index (χ3n) is 3.83. The summed E-state index contributed by atoms with van der Waals surface area (Å²) >= 11 is 0. The lowest BCUT2D eigenvalue weighted by molar-refractivity contribution is 0.0497. The van der Waals surface area contributed by atoms with Crippen LogP contribution in [-0.4, -0.2) is 12.6 Å². The largest absolute Gasteiger partial charge is 0.462 e. The van der Waals surface area contributed by atoms with Crippen molar-refractivity contribution in [3.63, 3.8) is 0 Å². The lowest BCUT2D eigenvalue weighted by atomic mass is 10.1. The van der Waals surface area contributed by atoms with Gasteiger partial charge in [0.25, 0.3) is 0 Å². The van der Waals surface area contributed by atoms with Gasteiger partial charge in [-0.05, 0) is 24.6 Å². The van der Waals surface area contributed by atoms with E-state index in [0.29, 0.717) is 17.9 Å². The van der Waals surface area contributed by atoms with Gasteiger partial charge < -0.3 is 10.5 Å². The van der Waals surface area contributed by atoms with Crippen LogP contribution < -0.4 is 5.73 Å². The van der Waals surface area contributed by atoms with Crippen molar-refractivity contribution in [3.8, 4) is 0 Å². The van der Waals surface area contributed by atoms with Crippen LogP contribution >= 0.6 is 0 Å². The molecule has 3 nitrogen and oxygen atoms in total. The molecule has 0 spiro atoms. The highest BCUT2D eigenvalue weighted by atomic mass is 16.5. The number of ether oxygens (including phenoxy) is 1. The van der Waals surface area contributed by atoms with Crippen LogP contribution in [-0.2, 0) is 4.74 Å². The predicted molar refractivity (Wildman–Crippen MR) is 91.3 cm³/mol. The van der Waals surface area contributed by atoms with Gasteiger partial charge in [0.2, 0.25) is 0 Å². The number of hydrogen-bond acceptors (Lipinski definition) is 2. The standard InChI is InChI=1S/C19H30NO2/c1-2-3-4-5-6-7-8-9-10-11-15-22-19(21)17-13-12-14-18(20)16-17/h12-14,16,20H,2-11,15H2,1H3. The lowest BCUT2D eigenvalue weighted by Crippen LogP contribution is -2.06. The molecule has 1 radical (unpaired) electrons. The molecule has 0 aromatic heterocycles. The third-order valence-corrected chi connectivity index (χ3v) is 3.83. The molecule has 1 aromatic rings. The van der Waals surface area contributed by atoms with Gasteiger partial charge in [0, 0.05) is 0 Å². The SMILES string of the molecule is CCCCCCCCCCCCOC(=O)c1cccc([NH])c1. The average molecular weight is 304 g/mol.